The van der Waals surface area contributed by atoms with E-state index in [4.69, 9.17) is 26.2 Å². The zero-order valence-electron chi connectivity index (χ0n) is 13.3. The van der Waals surface area contributed by atoms with Gasteiger partial charge in [0.15, 0.2) is 11.5 Å². The standard InChI is InChI=1S/C17H16BrClFNO4/c1-24-15-4-11(7-21-8-17(22)23)13(18)6-16(15)25-9-10-2-3-12(20)5-14(10)19/h2-6,21H,7-9H2,1H3,(H,22,23). The molecule has 5 nitrogen and oxygen atoms in total. The smallest absolute Gasteiger partial charge is 0.317 e. The Morgan fingerprint density at radius 2 is 2.04 bits per heavy atom. The second kappa shape index (κ2) is 9.03. The molecule has 0 saturated carbocycles. The molecule has 0 radical (unpaired) electrons. The van der Waals surface area contributed by atoms with Crippen molar-refractivity contribution in [2.75, 3.05) is 13.7 Å². The lowest BCUT2D eigenvalue weighted by molar-refractivity contribution is -0.135. The number of rotatable bonds is 8. The predicted molar refractivity (Wildman–Crippen MR) is 95.8 cm³/mol. The van der Waals surface area contributed by atoms with Crippen LogP contribution in [0.1, 0.15) is 11.1 Å². The van der Waals surface area contributed by atoms with Gasteiger partial charge in [0, 0.05) is 16.6 Å². The zero-order chi connectivity index (χ0) is 18.4. The number of hydrogen-bond donors (Lipinski definition) is 2. The fourth-order valence-electron chi connectivity index (χ4n) is 2.08. The van der Waals surface area contributed by atoms with Gasteiger partial charge in [-0.05, 0) is 29.8 Å². The van der Waals surface area contributed by atoms with Crippen molar-refractivity contribution in [3.8, 4) is 11.5 Å². The van der Waals surface area contributed by atoms with Crippen LogP contribution in [0.2, 0.25) is 5.02 Å². The molecule has 2 N–H and O–H groups in total. The van der Waals surface area contributed by atoms with Gasteiger partial charge in [-0.15, -0.1) is 0 Å². The lowest BCUT2D eigenvalue weighted by Gasteiger charge is -2.15. The highest BCUT2D eigenvalue weighted by molar-refractivity contribution is 9.10. The normalized spacial score (nSPS) is 10.6. The van der Waals surface area contributed by atoms with Gasteiger partial charge in [-0.2, -0.15) is 0 Å². The summed E-state index contributed by atoms with van der Waals surface area (Å²) in [6, 6.07) is 7.58. The summed E-state index contributed by atoms with van der Waals surface area (Å²) < 4.78 is 24.9. The van der Waals surface area contributed by atoms with Gasteiger partial charge in [-0.25, -0.2) is 4.39 Å². The average molecular weight is 433 g/mol. The Bertz CT molecular complexity index is 773. The number of benzene rings is 2. The minimum Gasteiger partial charge on any atom is -0.493 e. The van der Waals surface area contributed by atoms with Crippen LogP contribution in [0.4, 0.5) is 4.39 Å². The highest BCUT2D eigenvalue weighted by Gasteiger charge is 2.12. The molecule has 0 unspecified atom stereocenters. The number of aliphatic carboxylic acids is 1. The summed E-state index contributed by atoms with van der Waals surface area (Å²) in [6.07, 6.45) is 0. The average Bonchev–Trinajstić information content (AvgIpc) is 2.55. The quantitative estimate of drug-likeness (QED) is 0.660. The fraction of sp³-hybridized carbons (Fsp3) is 0.235. The Morgan fingerprint density at radius 3 is 2.68 bits per heavy atom. The molecule has 0 aromatic heterocycles. The molecule has 0 saturated heterocycles. The molecule has 2 rings (SSSR count). The molecule has 0 heterocycles. The molecular weight excluding hydrogens is 417 g/mol. The molecule has 0 atom stereocenters. The first kappa shape index (κ1) is 19.5. The van der Waals surface area contributed by atoms with Gasteiger partial charge in [0.2, 0.25) is 0 Å². The first-order valence-electron chi connectivity index (χ1n) is 7.26. The van der Waals surface area contributed by atoms with E-state index in [-0.39, 0.29) is 18.2 Å². The van der Waals surface area contributed by atoms with Gasteiger partial charge in [-0.1, -0.05) is 33.6 Å². The maximum atomic E-state index is 13.1. The van der Waals surface area contributed by atoms with Gasteiger partial charge in [-0.3, -0.25) is 4.79 Å². The van der Waals surface area contributed by atoms with Crippen LogP contribution in [0, 0.1) is 5.82 Å². The van der Waals surface area contributed by atoms with Crippen molar-refractivity contribution >= 4 is 33.5 Å². The Hall–Kier alpha value is -1.83. The second-order valence-corrected chi connectivity index (χ2v) is 6.38. The number of carboxylic acids is 1. The first-order chi connectivity index (χ1) is 11.9. The summed E-state index contributed by atoms with van der Waals surface area (Å²) in [5.74, 6) is -0.364. The lowest BCUT2D eigenvalue weighted by atomic mass is 10.2. The molecule has 0 aliphatic rings. The Labute approximate surface area is 157 Å². The van der Waals surface area contributed by atoms with Crippen molar-refractivity contribution in [2.24, 2.45) is 0 Å². The summed E-state index contributed by atoms with van der Waals surface area (Å²) in [4.78, 5) is 10.6. The molecule has 2 aromatic carbocycles. The van der Waals surface area contributed by atoms with E-state index in [0.29, 0.717) is 23.6 Å². The number of carboxylic acid groups (broad SMARTS) is 1. The predicted octanol–water partition coefficient (Wildman–Crippen LogP) is 4.00. The topological polar surface area (TPSA) is 67.8 Å². The second-order valence-electron chi connectivity index (χ2n) is 5.12. The molecular formula is C17H16BrClFNO4. The van der Waals surface area contributed by atoms with Gasteiger partial charge in [0.25, 0.3) is 0 Å². The maximum absolute atomic E-state index is 13.1. The Kier molecular flexibility index (Phi) is 7.04. The Balaban J connectivity index is 2.12. The third-order valence-electron chi connectivity index (χ3n) is 3.32. The number of nitrogens with one attached hydrogen (secondary N) is 1. The number of carbonyl (C=O) groups is 1. The van der Waals surface area contributed by atoms with Gasteiger partial charge in [0.1, 0.15) is 12.4 Å². The molecule has 0 bridgehead atoms. The van der Waals surface area contributed by atoms with Crippen LogP contribution in [0.5, 0.6) is 11.5 Å². The maximum Gasteiger partial charge on any atom is 0.317 e. The van der Waals surface area contributed by atoms with E-state index in [0.717, 1.165) is 10.0 Å². The van der Waals surface area contributed by atoms with E-state index in [1.807, 2.05) is 0 Å². The number of hydrogen-bond acceptors (Lipinski definition) is 4. The van der Waals surface area contributed by atoms with Crippen LogP contribution in [0.25, 0.3) is 0 Å². The largest absolute Gasteiger partial charge is 0.493 e. The van der Waals surface area contributed by atoms with Crippen LogP contribution in [-0.2, 0) is 17.9 Å². The summed E-state index contributed by atoms with van der Waals surface area (Å²) in [5.41, 5.74) is 1.47. The lowest BCUT2D eigenvalue weighted by Crippen LogP contribution is -2.22. The van der Waals surface area contributed by atoms with Crippen molar-refractivity contribution in [2.45, 2.75) is 13.2 Å². The SMILES string of the molecule is COc1cc(CNCC(=O)O)c(Br)cc1OCc1ccc(F)cc1Cl. The van der Waals surface area contributed by atoms with E-state index < -0.39 is 11.8 Å². The van der Waals surface area contributed by atoms with Crippen molar-refractivity contribution in [1.29, 1.82) is 0 Å². The van der Waals surface area contributed by atoms with Crippen LogP contribution in [0.3, 0.4) is 0 Å². The molecule has 0 aliphatic carbocycles. The third kappa shape index (κ3) is 5.59. The van der Waals surface area contributed by atoms with Crippen molar-refractivity contribution in [1.82, 2.24) is 5.32 Å². The van der Waals surface area contributed by atoms with E-state index in [1.54, 1.807) is 18.2 Å². The van der Waals surface area contributed by atoms with E-state index in [2.05, 4.69) is 21.2 Å². The number of methoxy groups -OCH3 is 1. The van der Waals surface area contributed by atoms with E-state index in [1.165, 1.54) is 19.2 Å². The van der Waals surface area contributed by atoms with Crippen LogP contribution >= 0.6 is 27.5 Å². The minimum absolute atomic E-state index is 0.143. The van der Waals surface area contributed by atoms with Crippen molar-refractivity contribution in [3.05, 3.63) is 56.8 Å². The molecule has 0 amide bonds. The van der Waals surface area contributed by atoms with E-state index in [9.17, 15) is 9.18 Å². The monoisotopic (exact) mass is 431 g/mol. The minimum atomic E-state index is -0.931. The van der Waals surface area contributed by atoms with E-state index >= 15 is 0 Å². The Morgan fingerprint density at radius 1 is 1.28 bits per heavy atom. The number of halogens is 3. The molecule has 2 aromatic rings. The highest BCUT2D eigenvalue weighted by atomic mass is 79.9. The zero-order valence-corrected chi connectivity index (χ0v) is 15.7. The summed E-state index contributed by atoms with van der Waals surface area (Å²) in [7, 11) is 1.51. The molecule has 0 fully saturated rings. The first-order valence-corrected chi connectivity index (χ1v) is 8.43. The molecule has 8 heteroatoms. The van der Waals surface area contributed by atoms with Gasteiger partial charge in [0.05, 0.1) is 18.7 Å². The van der Waals surface area contributed by atoms with Crippen LogP contribution < -0.4 is 14.8 Å². The molecule has 25 heavy (non-hydrogen) atoms. The number of ether oxygens (including phenoxy) is 2. The molecule has 0 aliphatic heterocycles. The highest BCUT2D eigenvalue weighted by Crippen LogP contribution is 2.34. The fourth-order valence-corrected chi connectivity index (χ4v) is 2.77. The van der Waals surface area contributed by atoms with Crippen LogP contribution in [-0.4, -0.2) is 24.7 Å². The van der Waals surface area contributed by atoms with Gasteiger partial charge < -0.3 is 19.9 Å². The summed E-state index contributed by atoms with van der Waals surface area (Å²) in [6.45, 7) is 0.363. The van der Waals surface area contributed by atoms with Gasteiger partial charge >= 0.3 is 5.97 Å². The van der Waals surface area contributed by atoms with Crippen LogP contribution in [0.15, 0.2) is 34.8 Å². The summed E-state index contributed by atoms with van der Waals surface area (Å²) >= 11 is 9.42. The molecule has 134 valence electrons. The summed E-state index contributed by atoms with van der Waals surface area (Å²) in [5, 5.41) is 11.8. The molecule has 0 spiro atoms. The van der Waals surface area contributed by atoms with Crippen molar-refractivity contribution < 1.29 is 23.8 Å². The third-order valence-corrected chi connectivity index (χ3v) is 4.41. The van der Waals surface area contributed by atoms with Crippen molar-refractivity contribution in [3.63, 3.8) is 0 Å².